The third-order valence-electron chi connectivity index (χ3n) is 9.77. The zero-order valence-electron chi connectivity index (χ0n) is 27.2. The first-order valence-electron chi connectivity index (χ1n) is 15.5. The number of hydrogen-bond donors (Lipinski definition) is 0. The lowest BCUT2D eigenvalue weighted by Gasteiger charge is -2.32. The molecule has 1 aliphatic rings. The van der Waals surface area contributed by atoms with E-state index in [2.05, 4.69) is 141 Å². The molecule has 3 heterocycles. The van der Waals surface area contributed by atoms with Crippen molar-refractivity contribution in [2.75, 3.05) is 0 Å². The van der Waals surface area contributed by atoms with Gasteiger partial charge in [0, 0.05) is 32.7 Å². The lowest BCUT2D eigenvalue weighted by Crippen LogP contribution is -2.41. The predicted molar refractivity (Wildman–Crippen MR) is 181 cm³/mol. The molecule has 0 atom stereocenters. The van der Waals surface area contributed by atoms with Crippen LogP contribution in [0.25, 0.3) is 49.4 Å². The third kappa shape index (κ3) is 4.27. The maximum Gasteiger partial charge on any atom is 0.498 e. The van der Waals surface area contributed by atoms with Crippen LogP contribution in [0.2, 0.25) is 0 Å². The van der Waals surface area contributed by atoms with Gasteiger partial charge in [-0.15, -0.1) is 0 Å². The van der Waals surface area contributed by atoms with Crippen LogP contribution in [0.4, 0.5) is 0 Å². The smallest absolute Gasteiger partial charge is 0.456 e. The van der Waals surface area contributed by atoms with E-state index in [0.29, 0.717) is 0 Å². The number of aromatic nitrogens is 1. The maximum absolute atomic E-state index is 6.69. The van der Waals surface area contributed by atoms with Crippen molar-refractivity contribution in [2.24, 2.45) is 0 Å². The number of hydrogen-bond acceptors (Lipinski definition) is 3. The summed E-state index contributed by atoms with van der Waals surface area (Å²) in [5.74, 6) is 0. The van der Waals surface area contributed by atoms with Gasteiger partial charge in [0.2, 0.25) is 0 Å². The first-order chi connectivity index (χ1) is 20.1. The molecule has 0 radical (unpaired) electrons. The monoisotopic (exact) mass is 571 g/mol. The van der Waals surface area contributed by atoms with Crippen molar-refractivity contribution >= 4 is 56.3 Å². The Morgan fingerprint density at radius 1 is 0.628 bits per heavy atom. The SMILES string of the molecule is CC(C)(C)c1ccc(-n2c3ccc(C(C)(C)C)cc3c3c4c(oc5ccccc54)c(B4OC(C)(C)C(C)(C)O4)cc32)cc1. The Morgan fingerprint density at radius 2 is 1.23 bits per heavy atom. The van der Waals surface area contributed by atoms with Gasteiger partial charge in [-0.1, -0.05) is 77.9 Å². The molecule has 0 saturated carbocycles. The van der Waals surface area contributed by atoms with Crippen molar-refractivity contribution in [3.63, 3.8) is 0 Å². The van der Waals surface area contributed by atoms with Gasteiger partial charge in [-0.3, -0.25) is 0 Å². The molecule has 220 valence electrons. The summed E-state index contributed by atoms with van der Waals surface area (Å²) >= 11 is 0. The van der Waals surface area contributed by atoms with Crippen molar-refractivity contribution in [3.8, 4) is 5.69 Å². The van der Waals surface area contributed by atoms with E-state index < -0.39 is 18.3 Å². The first-order valence-corrected chi connectivity index (χ1v) is 15.5. The molecule has 43 heavy (non-hydrogen) atoms. The van der Waals surface area contributed by atoms with Crippen LogP contribution in [-0.2, 0) is 20.1 Å². The van der Waals surface area contributed by atoms with Crippen LogP contribution in [-0.4, -0.2) is 22.9 Å². The zero-order valence-corrected chi connectivity index (χ0v) is 27.2. The lowest BCUT2D eigenvalue weighted by atomic mass is 9.77. The zero-order chi connectivity index (χ0) is 30.7. The quantitative estimate of drug-likeness (QED) is 0.194. The molecule has 4 aromatic carbocycles. The van der Waals surface area contributed by atoms with E-state index in [4.69, 9.17) is 13.7 Å². The second-order valence-electron chi connectivity index (χ2n) is 15.4. The molecule has 6 aromatic rings. The molecule has 0 aliphatic carbocycles. The Labute approximate surface area is 255 Å². The van der Waals surface area contributed by atoms with E-state index in [-0.39, 0.29) is 10.8 Å². The average Bonchev–Trinajstić information content (AvgIpc) is 3.53. The molecule has 1 fully saturated rings. The van der Waals surface area contributed by atoms with Gasteiger partial charge < -0.3 is 18.3 Å². The van der Waals surface area contributed by atoms with E-state index in [1.54, 1.807) is 0 Å². The Morgan fingerprint density at radius 3 is 1.86 bits per heavy atom. The van der Waals surface area contributed by atoms with Crippen LogP contribution in [0.1, 0.15) is 80.4 Å². The largest absolute Gasteiger partial charge is 0.498 e. The van der Waals surface area contributed by atoms with E-state index in [1.165, 1.54) is 27.4 Å². The summed E-state index contributed by atoms with van der Waals surface area (Å²) in [6.07, 6.45) is 0. The van der Waals surface area contributed by atoms with Gasteiger partial charge in [0.1, 0.15) is 11.2 Å². The molecule has 0 bridgehead atoms. The summed E-state index contributed by atoms with van der Waals surface area (Å²) < 4.78 is 22.4. The number of rotatable bonds is 2. The minimum Gasteiger partial charge on any atom is -0.456 e. The van der Waals surface area contributed by atoms with E-state index >= 15 is 0 Å². The summed E-state index contributed by atoms with van der Waals surface area (Å²) in [6.45, 7) is 22.0. The number of nitrogens with zero attached hydrogens (tertiary/aromatic N) is 1. The van der Waals surface area contributed by atoms with Crippen LogP contribution >= 0.6 is 0 Å². The molecule has 0 N–H and O–H groups in total. The van der Waals surface area contributed by atoms with Crippen molar-refractivity contribution in [1.29, 1.82) is 0 Å². The maximum atomic E-state index is 6.69. The highest BCUT2D eigenvalue weighted by atomic mass is 16.7. The summed E-state index contributed by atoms with van der Waals surface area (Å²) in [5.41, 5.74) is 7.80. The van der Waals surface area contributed by atoms with Crippen molar-refractivity contribution in [3.05, 3.63) is 83.9 Å². The van der Waals surface area contributed by atoms with Gasteiger partial charge >= 0.3 is 7.12 Å². The first kappa shape index (κ1) is 28.2. The Balaban J connectivity index is 1.64. The molecule has 7 rings (SSSR count). The Kier molecular flexibility index (Phi) is 5.91. The van der Waals surface area contributed by atoms with Crippen LogP contribution in [0.5, 0.6) is 0 Å². The van der Waals surface area contributed by atoms with Crippen molar-refractivity contribution < 1.29 is 13.7 Å². The standard InChI is InChI=1S/C38H42BNO3/c1-35(2,3)23-15-18-25(19-16-23)40-29-20-17-24(36(4,5)6)21-27(29)32-30(40)22-28(39-42-37(7,8)38(9,10)43-39)34-33(32)26-13-11-12-14-31(26)41-34/h11-22H,1-10H3. The summed E-state index contributed by atoms with van der Waals surface area (Å²) in [7, 11) is -0.558. The van der Waals surface area contributed by atoms with Crippen LogP contribution in [0, 0.1) is 0 Å². The topological polar surface area (TPSA) is 36.5 Å². The summed E-state index contributed by atoms with van der Waals surface area (Å²) in [4.78, 5) is 0. The molecular formula is C38H42BNO3. The van der Waals surface area contributed by atoms with E-state index in [0.717, 1.165) is 38.6 Å². The Bertz CT molecular complexity index is 2030. The highest BCUT2D eigenvalue weighted by molar-refractivity contribution is 6.66. The third-order valence-corrected chi connectivity index (χ3v) is 9.77. The molecule has 4 nitrogen and oxygen atoms in total. The van der Waals surface area contributed by atoms with Crippen molar-refractivity contribution in [1.82, 2.24) is 4.57 Å². The number of para-hydroxylation sites is 1. The summed E-state index contributed by atoms with van der Waals surface area (Å²) in [6, 6.07) is 26.6. The van der Waals surface area contributed by atoms with Gasteiger partial charge in [0.25, 0.3) is 0 Å². The second kappa shape index (κ2) is 9.00. The molecule has 2 aromatic heterocycles. The highest BCUT2D eigenvalue weighted by Gasteiger charge is 2.52. The fourth-order valence-corrected chi connectivity index (χ4v) is 6.42. The van der Waals surface area contributed by atoms with Gasteiger partial charge in [-0.2, -0.15) is 0 Å². The summed E-state index contributed by atoms with van der Waals surface area (Å²) in [5, 5.41) is 4.63. The van der Waals surface area contributed by atoms with Gasteiger partial charge in [0.05, 0.1) is 22.2 Å². The highest BCUT2D eigenvalue weighted by Crippen LogP contribution is 2.44. The normalized spacial score (nSPS) is 17.2. The number of benzene rings is 4. The predicted octanol–water partition coefficient (Wildman–Crippen LogP) is 9.58. The molecular weight excluding hydrogens is 529 g/mol. The average molecular weight is 572 g/mol. The van der Waals surface area contributed by atoms with Crippen LogP contribution in [0.15, 0.2) is 77.2 Å². The molecule has 5 heteroatoms. The molecule has 0 spiro atoms. The molecule has 1 aliphatic heterocycles. The fourth-order valence-electron chi connectivity index (χ4n) is 6.42. The molecule has 0 amide bonds. The van der Waals surface area contributed by atoms with Gasteiger partial charge in [0.15, 0.2) is 0 Å². The van der Waals surface area contributed by atoms with Gasteiger partial charge in [-0.25, -0.2) is 0 Å². The van der Waals surface area contributed by atoms with Gasteiger partial charge in [-0.05, 0) is 86.1 Å². The lowest BCUT2D eigenvalue weighted by molar-refractivity contribution is 0.00578. The number of fused-ring (bicyclic) bond motifs is 7. The fraction of sp³-hybridized carbons (Fsp3) is 0.368. The minimum atomic E-state index is -0.558. The van der Waals surface area contributed by atoms with Crippen molar-refractivity contribution in [2.45, 2.75) is 91.3 Å². The molecule has 0 unspecified atom stereocenters. The minimum absolute atomic E-state index is 0.0111. The molecule has 1 saturated heterocycles. The Hall–Kier alpha value is -3.54. The van der Waals surface area contributed by atoms with Crippen LogP contribution < -0.4 is 5.46 Å². The van der Waals surface area contributed by atoms with Crippen LogP contribution in [0.3, 0.4) is 0 Å². The van der Waals surface area contributed by atoms with E-state index in [9.17, 15) is 0 Å². The second-order valence-corrected chi connectivity index (χ2v) is 15.4. The number of furan rings is 1. The van der Waals surface area contributed by atoms with E-state index in [1.807, 2.05) is 6.07 Å².